The van der Waals surface area contributed by atoms with E-state index in [2.05, 4.69) is 31.1 Å². The molecule has 2 saturated heterocycles. The molecule has 0 radical (unpaired) electrons. The summed E-state index contributed by atoms with van der Waals surface area (Å²) in [5.41, 5.74) is 1.82. The van der Waals surface area contributed by atoms with Gasteiger partial charge in [0.1, 0.15) is 0 Å². The number of amides is 1. The number of nitrogens with zero attached hydrogens (tertiary/aromatic N) is 3. The molecule has 2 atom stereocenters. The van der Waals surface area contributed by atoms with Crippen LogP contribution in [0.25, 0.3) is 10.9 Å². The molecule has 2 bridgehead atoms. The quantitative estimate of drug-likeness (QED) is 0.652. The van der Waals surface area contributed by atoms with Crippen LogP contribution in [0.4, 0.5) is 5.95 Å². The normalized spacial score (nSPS) is 29.3. The number of anilines is 1. The van der Waals surface area contributed by atoms with Crippen molar-refractivity contribution < 1.29 is 14.7 Å². The molecule has 3 heterocycles. The summed E-state index contributed by atoms with van der Waals surface area (Å²) < 4.78 is 0. The fraction of sp³-hybridized carbons (Fsp3) is 0.630. The van der Waals surface area contributed by atoms with Gasteiger partial charge in [-0.25, -0.2) is 9.97 Å². The van der Waals surface area contributed by atoms with Crippen molar-refractivity contribution in [1.29, 1.82) is 0 Å². The summed E-state index contributed by atoms with van der Waals surface area (Å²) in [6.07, 6.45) is 9.43. The number of carboxylic acids is 1. The number of aliphatic carboxylic acids is 1. The monoisotopic (exact) mass is 464 g/mol. The molecule has 1 aromatic heterocycles. The summed E-state index contributed by atoms with van der Waals surface area (Å²) in [4.78, 5) is 36.0. The first-order valence-corrected chi connectivity index (χ1v) is 12.8. The van der Waals surface area contributed by atoms with Crippen LogP contribution in [-0.4, -0.2) is 50.0 Å². The molecule has 0 spiro atoms. The fourth-order valence-electron chi connectivity index (χ4n) is 6.38. The van der Waals surface area contributed by atoms with E-state index in [1.807, 2.05) is 23.1 Å². The molecule has 182 valence electrons. The summed E-state index contributed by atoms with van der Waals surface area (Å²) in [5.74, 6) is 0.347. The molecule has 2 N–H and O–H groups in total. The third kappa shape index (κ3) is 4.49. The van der Waals surface area contributed by atoms with E-state index in [4.69, 9.17) is 4.98 Å². The van der Waals surface area contributed by atoms with Crippen molar-refractivity contribution >= 4 is 28.7 Å². The zero-order chi connectivity index (χ0) is 24.0. The zero-order valence-electron chi connectivity index (χ0n) is 20.5. The Hall–Kier alpha value is -2.70. The van der Waals surface area contributed by atoms with Crippen molar-refractivity contribution in [2.45, 2.75) is 90.3 Å². The van der Waals surface area contributed by atoms with Crippen molar-refractivity contribution in [3.8, 4) is 0 Å². The topological polar surface area (TPSA) is 95.4 Å². The van der Waals surface area contributed by atoms with Crippen LogP contribution >= 0.6 is 0 Å². The van der Waals surface area contributed by atoms with Gasteiger partial charge >= 0.3 is 5.97 Å². The fourth-order valence-corrected chi connectivity index (χ4v) is 6.38. The highest BCUT2D eigenvalue weighted by atomic mass is 16.4. The third-order valence-electron chi connectivity index (χ3n) is 8.43. The van der Waals surface area contributed by atoms with E-state index in [1.165, 1.54) is 12.8 Å². The lowest BCUT2D eigenvalue weighted by molar-refractivity contribution is -0.144. The number of carbonyl (C=O) groups excluding carboxylic acids is 1. The van der Waals surface area contributed by atoms with Crippen LogP contribution in [0.15, 0.2) is 24.4 Å². The zero-order valence-corrected chi connectivity index (χ0v) is 20.5. The van der Waals surface area contributed by atoms with Gasteiger partial charge in [-0.05, 0) is 80.9 Å². The van der Waals surface area contributed by atoms with E-state index in [0.717, 1.165) is 42.5 Å². The average Bonchev–Trinajstić information content (AvgIpc) is 3.06. The summed E-state index contributed by atoms with van der Waals surface area (Å²) in [7, 11) is 0. The molecule has 2 aliphatic heterocycles. The van der Waals surface area contributed by atoms with Crippen LogP contribution in [0, 0.1) is 17.3 Å². The number of nitrogens with one attached hydrogen (secondary N) is 1. The lowest BCUT2D eigenvalue weighted by atomic mass is 9.71. The Morgan fingerprint density at radius 2 is 1.71 bits per heavy atom. The Kier molecular flexibility index (Phi) is 5.98. The molecule has 1 aromatic carbocycles. The number of hydrogen-bond acceptors (Lipinski definition) is 5. The maximum Gasteiger partial charge on any atom is 0.306 e. The van der Waals surface area contributed by atoms with Crippen LogP contribution in [-0.2, 0) is 4.79 Å². The van der Waals surface area contributed by atoms with Crippen molar-refractivity contribution in [2.24, 2.45) is 17.3 Å². The van der Waals surface area contributed by atoms with E-state index >= 15 is 0 Å². The summed E-state index contributed by atoms with van der Waals surface area (Å²) in [6.45, 7) is 7.00. The maximum atomic E-state index is 13.3. The van der Waals surface area contributed by atoms with Crippen LogP contribution in [0.2, 0.25) is 0 Å². The number of piperidine rings is 1. The number of hydrogen-bond donors (Lipinski definition) is 2. The minimum atomic E-state index is -0.737. The van der Waals surface area contributed by atoms with Crippen LogP contribution in [0.1, 0.15) is 82.5 Å². The number of carbonyl (C=O) groups is 2. The average molecular weight is 465 g/mol. The van der Waals surface area contributed by atoms with Gasteiger partial charge in [-0.3, -0.25) is 9.59 Å². The molecule has 1 aliphatic carbocycles. The van der Waals surface area contributed by atoms with Crippen LogP contribution < -0.4 is 5.32 Å². The predicted octanol–water partition coefficient (Wildman–Crippen LogP) is 5.11. The van der Waals surface area contributed by atoms with Crippen molar-refractivity contribution in [3.63, 3.8) is 0 Å². The first kappa shape index (κ1) is 23.1. The molecule has 1 saturated carbocycles. The first-order valence-electron chi connectivity index (χ1n) is 12.8. The number of fused-ring (bicyclic) bond motifs is 3. The van der Waals surface area contributed by atoms with Gasteiger partial charge in [-0.1, -0.05) is 20.8 Å². The van der Waals surface area contributed by atoms with E-state index in [1.54, 1.807) is 6.20 Å². The minimum Gasteiger partial charge on any atom is -0.481 e. The molecule has 3 fully saturated rings. The number of rotatable bonds is 4. The Bertz CT molecular complexity index is 1070. The lowest BCUT2D eigenvalue weighted by Crippen LogP contribution is -2.47. The van der Waals surface area contributed by atoms with Gasteiger partial charge in [0.15, 0.2) is 0 Å². The van der Waals surface area contributed by atoms with Gasteiger partial charge < -0.3 is 15.3 Å². The number of benzene rings is 1. The van der Waals surface area contributed by atoms with E-state index in [0.29, 0.717) is 35.8 Å². The highest BCUT2D eigenvalue weighted by molar-refractivity contribution is 5.98. The van der Waals surface area contributed by atoms with Crippen molar-refractivity contribution in [3.05, 3.63) is 30.0 Å². The molecule has 5 rings (SSSR count). The second-order valence-electron chi connectivity index (χ2n) is 11.6. The highest BCUT2D eigenvalue weighted by Gasteiger charge is 2.45. The third-order valence-corrected chi connectivity index (χ3v) is 8.43. The summed E-state index contributed by atoms with van der Waals surface area (Å²) in [6, 6.07) is 6.08. The SMILES string of the molecule is CC(C)(C)[C@H]1CC[C@H](Nc2ncc3cc(C(=O)N4C5CCC4CC(C(=O)O)C5)ccc3n2)CC1. The van der Waals surface area contributed by atoms with Crippen molar-refractivity contribution in [1.82, 2.24) is 14.9 Å². The van der Waals surface area contributed by atoms with Gasteiger partial charge in [0.25, 0.3) is 5.91 Å². The van der Waals surface area contributed by atoms with Gasteiger partial charge in [-0.2, -0.15) is 0 Å². The molecule has 7 nitrogen and oxygen atoms in total. The van der Waals surface area contributed by atoms with E-state index < -0.39 is 5.97 Å². The molecule has 2 aromatic rings. The molecule has 3 aliphatic rings. The van der Waals surface area contributed by atoms with Crippen LogP contribution in [0.3, 0.4) is 0 Å². The highest BCUT2D eigenvalue weighted by Crippen LogP contribution is 2.40. The van der Waals surface area contributed by atoms with Gasteiger partial charge in [-0.15, -0.1) is 0 Å². The largest absolute Gasteiger partial charge is 0.481 e. The summed E-state index contributed by atoms with van der Waals surface area (Å²) >= 11 is 0. The number of aromatic nitrogens is 2. The van der Waals surface area contributed by atoms with E-state index in [9.17, 15) is 14.7 Å². The second-order valence-corrected chi connectivity index (χ2v) is 11.6. The molecule has 7 heteroatoms. The lowest BCUT2D eigenvalue weighted by Gasteiger charge is -2.37. The molecule has 1 amide bonds. The smallest absolute Gasteiger partial charge is 0.306 e. The molecular formula is C27H36N4O3. The van der Waals surface area contributed by atoms with Crippen molar-refractivity contribution in [2.75, 3.05) is 5.32 Å². The summed E-state index contributed by atoms with van der Waals surface area (Å²) in [5, 5.41) is 13.8. The molecule has 2 unspecified atom stereocenters. The Morgan fingerprint density at radius 3 is 2.32 bits per heavy atom. The standard InChI is InChI=1S/C27H36N4O3/c1-27(2,3)19-5-7-20(8-6-19)29-26-28-15-18-12-16(4-11-23(18)30-26)24(32)31-21-9-10-22(31)14-17(13-21)25(33)34/h4,11-12,15,17,19-22H,5-10,13-14H2,1-3H3,(H,33,34)(H,28,29,30)/t17?,19-,20-,21?,22?. The van der Waals surface area contributed by atoms with Gasteiger partial charge in [0.2, 0.25) is 5.95 Å². The minimum absolute atomic E-state index is 0.00366. The van der Waals surface area contributed by atoms with E-state index in [-0.39, 0.29) is 23.9 Å². The molecular weight excluding hydrogens is 428 g/mol. The number of carboxylic acid groups (broad SMARTS) is 1. The van der Waals surface area contributed by atoms with Gasteiger partial charge in [0.05, 0.1) is 11.4 Å². The predicted molar refractivity (Wildman–Crippen MR) is 132 cm³/mol. The maximum absolute atomic E-state index is 13.3. The first-order chi connectivity index (χ1) is 16.2. The van der Waals surface area contributed by atoms with Crippen LogP contribution in [0.5, 0.6) is 0 Å². The molecule has 34 heavy (non-hydrogen) atoms. The Labute approximate surface area is 201 Å². The second kappa shape index (κ2) is 8.82. The van der Waals surface area contributed by atoms with Gasteiger partial charge in [0, 0.05) is 35.3 Å². The Morgan fingerprint density at radius 1 is 1.03 bits per heavy atom. The Balaban J connectivity index is 1.26.